The van der Waals surface area contributed by atoms with Gasteiger partial charge in [-0.3, -0.25) is 4.79 Å². The molecule has 0 heterocycles. The molecule has 3 nitrogen and oxygen atoms in total. The molecule has 2 atom stereocenters. The third-order valence-corrected chi connectivity index (χ3v) is 1.55. The summed E-state index contributed by atoms with van der Waals surface area (Å²) in [5.41, 5.74) is -0.896. The highest BCUT2D eigenvalue weighted by atomic mass is 16.3. The number of aldehydes is 1. The largest absolute Gasteiger partial charge is 0.384 e. The van der Waals surface area contributed by atoms with Crippen molar-refractivity contribution in [2.75, 3.05) is 0 Å². The highest BCUT2D eigenvalue weighted by Gasteiger charge is 2.21. The Morgan fingerprint density at radius 3 is 2.82 bits per heavy atom. The van der Waals surface area contributed by atoms with Crippen LogP contribution in [0, 0.1) is 0 Å². The third kappa shape index (κ3) is 1.76. The van der Waals surface area contributed by atoms with Crippen LogP contribution < -0.4 is 0 Å². The second-order valence-electron chi connectivity index (χ2n) is 2.79. The summed E-state index contributed by atoms with van der Waals surface area (Å²) in [5.74, 6) is 0. The number of aliphatic hydroxyl groups excluding tert-OH is 1. The van der Waals surface area contributed by atoms with Crippen LogP contribution in [0.15, 0.2) is 23.8 Å². The van der Waals surface area contributed by atoms with E-state index in [0.717, 1.165) is 0 Å². The van der Waals surface area contributed by atoms with Crippen molar-refractivity contribution in [2.24, 2.45) is 0 Å². The molecule has 1 aliphatic rings. The Morgan fingerprint density at radius 2 is 2.36 bits per heavy atom. The molecule has 2 N–H and O–H groups in total. The number of aliphatic hydroxyl groups is 2. The maximum Gasteiger partial charge on any atom is 0.148 e. The molecule has 0 fully saturated rings. The predicted molar refractivity (Wildman–Crippen MR) is 39.9 cm³/mol. The molecule has 2 unspecified atom stereocenters. The molecule has 3 heteroatoms. The minimum Gasteiger partial charge on any atom is -0.384 e. The van der Waals surface area contributed by atoms with E-state index >= 15 is 0 Å². The molecule has 0 saturated heterocycles. The average molecular weight is 154 g/mol. The highest BCUT2D eigenvalue weighted by molar-refractivity contribution is 5.76. The maximum absolute atomic E-state index is 10.3. The zero-order valence-electron chi connectivity index (χ0n) is 6.19. The van der Waals surface area contributed by atoms with E-state index in [4.69, 9.17) is 5.11 Å². The molecule has 0 aromatic rings. The molecule has 0 aromatic carbocycles. The number of hydrogen-bond acceptors (Lipinski definition) is 3. The van der Waals surface area contributed by atoms with Gasteiger partial charge in [-0.1, -0.05) is 12.2 Å². The van der Waals surface area contributed by atoms with E-state index in [9.17, 15) is 9.90 Å². The minimum atomic E-state index is -1.10. The monoisotopic (exact) mass is 154 g/mol. The summed E-state index contributed by atoms with van der Waals surface area (Å²) in [7, 11) is 0. The summed E-state index contributed by atoms with van der Waals surface area (Å²) in [5, 5.41) is 18.5. The first-order chi connectivity index (χ1) is 5.05. The minimum absolute atomic E-state index is 0.206. The Kier molecular flexibility index (Phi) is 1.93. The van der Waals surface area contributed by atoms with Gasteiger partial charge in [0, 0.05) is 5.57 Å². The van der Waals surface area contributed by atoms with E-state index in [1.807, 2.05) is 0 Å². The molecule has 0 spiro atoms. The van der Waals surface area contributed by atoms with E-state index in [0.29, 0.717) is 6.29 Å². The van der Waals surface area contributed by atoms with Gasteiger partial charge in [-0.25, -0.2) is 0 Å². The highest BCUT2D eigenvalue weighted by Crippen LogP contribution is 2.18. The fourth-order valence-electron chi connectivity index (χ4n) is 0.972. The quantitative estimate of drug-likeness (QED) is 0.406. The Morgan fingerprint density at radius 1 is 1.73 bits per heavy atom. The van der Waals surface area contributed by atoms with Crippen LogP contribution in [0.3, 0.4) is 0 Å². The van der Waals surface area contributed by atoms with Crippen LogP contribution in [0.25, 0.3) is 0 Å². The van der Waals surface area contributed by atoms with Gasteiger partial charge in [-0.05, 0) is 13.0 Å². The van der Waals surface area contributed by atoms with E-state index in [1.165, 1.54) is 18.2 Å². The molecular weight excluding hydrogens is 144 g/mol. The van der Waals surface area contributed by atoms with Crippen LogP contribution in [0.1, 0.15) is 6.92 Å². The van der Waals surface area contributed by atoms with Gasteiger partial charge < -0.3 is 10.2 Å². The van der Waals surface area contributed by atoms with Gasteiger partial charge in [-0.15, -0.1) is 0 Å². The molecule has 0 aromatic heterocycles. The zero-order chi connectivity index (χ0) is 8.48. The maximum atomic E-state index is 10.3. The van der Waals surface area contributed by atoms with Gasteiger partial charge in [0.2, 0.25) is 0 Å². The summed E-state index contributed by atoms with van der Waals surface area (Å²) in [6.45, 7) is 1.54. The molecule has 0 amide bonds. The first-order valence-corrected chi connectivity index (χ1v) is 3.33. The zero-order valence-corrected chi connectivity index (χ0v) is 6.19. The van der Waals surface area contributed by atoms with Gasteiger partial charge >= 0.3 is 0 Å². The van der Waals surface area contributed by atoms with Crippen molar-refractivity contribution in [1.82, 2.24) is 0 Å². The molecule has 0 saturated carbocycles. The second-order valence-corrected chi connectivity index (χ2v) is 2.79. The third-order valence-electron chi connectivity index (χ3n) is 1.55. The molecule has 0 aliphatic heterocycles. The summed E-state index contributed by atoms with van der Waals surface area (Å²) < 4.78 is 0. The summed E-state index contributed by atoms with van der Waals surface area (Å²) in [4.78, 5) is 10.3. The average Bonchev–Trinajstić information content (AvgIpc) is 1.94. The van der Waals surface area contributed by atoms with E-state index in [-0.39, 0.29) is 5.57 Å². The van der Waals surface area contributed by atoms with Crippen LogP contribution in [-0.2, 0) is 4.79 Å². The smallest absolute Gasteiger partial charge is 0.148 e. The number of carbonyl (C=O) groups is 1. The van der Waals surface area contributed by atoms with Gasteiger partial charge in [-0.2, -0.15) is 0 Å². The van der Waals surface area contributed by atoms with Crippen LogP contribution in [-0.4, -0.2) is 28.2 Å². The lowest BCUT2D eigenvalue weighted by molar-refractivity contribution is -0.105. The molecule has 1 rings (SSSR count). The fraction of sp³-hybridized carbons (Fsp3) is 0.375. The summed E-state index contributed by atoms with van der Waals surface area (Å²) in [6.07, 6.45) is 3.86. The number of rotatable bonds is 1. The normalized spacial score (nSPS) is 36.6. The van der Waals surface area contributed by atoms with Gasteiger partial charge in [0.25, 0.3) is 0 Å². The van der Waals surface area contributed by atoms with Crippen LogP contribution in [0.2, 0.25) is 0 Å². The van der Waals surface area contributed by atoms with Crippen molar-refractivity contribution < 1.29 is 15.0 Å². The molecule has 60 valence electrons. The lowest BCUT2D eigenvalue weighted by atomic mass is 9.94. The molecular formula is C8H10O3. The van der Waals surface area contributed by atoms with Gasteiger partial charge in [0.15, 0.2) is 0 Å². The number of carbonyl (C=O) groups excluding carboxylic acids is 1. The van der Waals surface area contributed by atoms with Crippen molar-refractivity contribution >= 4 is 6.29 Å². The summed E-state index contributed by atoms with van der Waals surface area (Å²) in [6, 6.07) is 0. The van der Waals surface area contributed by atoms with Gasteiger partial charge in [0.1, 0.15) is 12.4 Å². The van der Waals surface area contributed by atoms with Crippen LogP contribution in [0.4, 0.5) is 0 Å². The second kappa shape index (κ2) is 2.60. The molecule has 11 heavy (non-hydrogen) atoms. The summed E-state index contributed by atoms with van der Waals surface area (Å²) >= 11 is 0. The van der Waals surface area contributed by atoms with Crippen molar-refractivity contribution in [2.45, 2.75) is 18.6 Å². The van der Waals surface area contributed by atoms with Crippen LogP contribution >= 0.6 is 0 Å². The van der Waals surface area contributed by atoms with E-state index in [1.54, 1.807) is 6.92 Å². The Bertz CT molecular complexity index is 225. The Labute approximate surface area is 64.7 Å². The van der Waals surface area contributed by atoms with Crippen LogP contribution in [0.5, 0.6) is 0 Å². The van der Waals surface area contributed by atoms with Crippen molar-refractivity contribution in [3.63, 3.8) is 0 Å². The predicted octanol–water partition coefficient (Wildman–Crippen LogP) is -0.207. The van der Waals surface area contributed by atoms with E-state index in [2.05, 4.69) is 0 Å². The van der Waals surface area contributed by atoms with E-state index < -0.39 is 11.7 Å². The standard InChI is InChI=1S/C8H10O3/c1-8(11)3-2-7(10)6(4-8)5-9/h2-5,7,10-11H,1H3. The van der Waals surface area contributed by atoms with Gasteiger partial charge in [0.05, 0.1) is 5.60 Å². The Balaban J connectivity index is 2.92. The van der Waals surface area contributed by atoms with Crippen molar-refractivity contribution in [1.29, 1.82) is 0 Å². The molecule has 1 aliphatic carbocycles. The van der Waals surface area contributed by atoms with Crippen molar-refractivity contribution in [3.05, 3.63) is 23.8 Å². The SMILES string of the molecule is CC1(O)C=CC(O)C(C=O)=C1. The first kappa shape index (κ1) is 8.17. The molecule has 0 radical (unpaired) electrons. The fourth-order valence-corrected chi connectivity index (χ4v) is 0.972. The number of hydrogen-bond donors (Lipinski definition) is 2. The molecule has 0 bridgehead atoms. The Hall–Kier alpha value is -0.930. The van der Waals surface area contributed by atoms with Crippen molar-refractivity contribution in [3.8, 4) is 0 Å². The lowest BCUT2D eigenvalue weighted by Gasteiger charge is -2.21. The first-order valence-electron chi connectivity index (χ1n) is 3.33. The lowest BCUT2D eigenvalue weighted by Crippen LogP contribution is -2.26. The topological polar surface area (TPSA) is 57.5 Å².